The van der Waals surface area contributed by atoms with E-state index in [0.717, 1.165) is 17.6 Å². The van der Waals surface area contributed by atoms with Crippen LogP contribution in [0.25, 0.3) is 10.9 Å². The fourth-order valence-corrected chi connectivity index (χ4v) is 2.69. The summed E-state index contributed by atoms with van der Waals surface area (Å²) < 4.78 is 18.9. The number of thioether (sulfide) groups is 1. The van der Waals surface area contributed by atoms with Crippen LogP contribution >= 0.6 is 11.8 Å². The summed E-state index contributed by atoms with van der Waals surface area (Å²) in [6, 6.07) is 5.02. The maximum Gasteiger partial charge on any atom is 0.141 e. The van der Waals surface area contributed by atoms with Crippen molar-refractivity contribution in [1.82, 2.24) is 4.98 Å². The van der Waals surface area contributed by atoms with E-state index < -0.39 is 0 Å². The number of halogens is 1. The molecule has 0 bridgehead atoms. The van der Waals surface area contributed by atoms with E-state index in [0.29, 0.717) is 22.7 Å². The van der Waals surface area contributed by atoms with Gasteiger partial charge in [-0.15, -0.1) is 11.8 Å². The molecule has 0 aliphatic carbocycles. The number of aromatic nitrogens is 1. The molecule has 0 saturated heterocycles. The zero-order chi connectivity index (χ0) is 13.0. The summed E-state index contributed by atoms with van der Waals surface area (Å²) >= 11 is 1.45. The Hall–Kier alpha value is -1.33. The Morgan fingerprint density at radius 1 is 1.50 bits per heavy atom. The van der Waals surface area contributed by atoms with E-state index in [-0.39, 0.29) is 5.82 Å². The number of methoxy groups -OCH3 is 1. The third-order valence-corrected chi connectivity index (χ3v) is 3.74. The number of ether oxygens (including phenoxy) is 1. The molecule has 0 amide bonds. The van der Waals surface area contributed by atoms with Crippen LogP contribution in [0.3, 0.4) is 0 Å². The van der Waals surface area contributed by atoms with Gasteiger partial charge in [-0.05, 0) is 24.6 Å². The quantitative estimate of drug-likeness (QED) is 0.513. The van der Waals surface area contributed by atoms with Crippen LogP contribution in [-0.4, -0.2) is 24.5 Å². The molecule has 0 radical (unpaired) electrons. The lowest BCUT2D eigenvalue weighted by Gasteiger charge is -2.09. The van der Waals surface area contributed by atoms with Gasteiger partial charge in [-0.1, -0.05) is 0 Å². The largest absolute Gasteiger partial charge is 0.398 e. The highest BCUT2D eigenvalue weighted by molar-refractivity contribution is 7.99. The molecule has 0 unspecified atom stereocenters. The minimum Gasteiger partial charge on any atom is -0.398 e. The van der Waals surface area contributed by atoms with Crippen LogP contribution < -0.4 is 5.73 Å². The van der Waals surface area contributed by atoms with Gasteiger partial charge in [0.25, 0.3) is 0 Å². The Labute approximate surface area is 110 Å². The van der Waals surface area contributed by atoms with Crippen LogP contribution in [0.4, 0.5) is 10.1 Å². The standard InChI is InChI=1S/C13H15FN2OS/c1-17-6-3-7-18-13-10(14)8-11(15)9-4-2-5-16-12(9)13/h2,4-5,8H,3,6-7,15H2,1H3. The van der Waals surface area contributed by atoms with Crippen molar-refractivity contribution in [3.8, 4) is 0 Å². The summed E-state index contributed by atoms with van der Waals surface area (Å²) in [5, 5.41) is 0.799. The van der Waals surface area contributed by atoms with Gasteiger partial charge in [0.05, 0.1) is 10.4 Å². The second kappa shape index (κ2) is 6.02. The van der Waals surface area contributed by atoms with Gasteiger partial charge in [-0.25, -0.2) is 4.39 Å². The molecule has 0 atom stereocenters. The van der Waals surface area contributed by atoms with Crippen molar-refractivity contribution in [2.75, 3.05) is 25.2 Å². The minimum atomic E-state index is -0.305. The van der Waals surface area contributed by atoms with Gasteiger partial charge in [-0.3, -0.25) is 4.98 Å². The van der Waals surface area contributed by atoms with Gasteiger partial charge >= 0.3 is 0 Å². The first-order valence-electron chi connectivity index (χ1n) is 5.68. The summed E-state index contributed by atoms with van der Waals surface area (Å²) in [6.45, 7) is 0.676. The third-order valence-electron chi connectivity index (χ3n) is 2.57. The summed E-state index contributed by atoms with van der Waals surface area (Å²) in [5.41, 5.74) is 6.86. The normalized spacial score (nSPS) is 11.0. The van der Waals surface area contributed by atoms with E-state index in [1.807, 2.05) is 6.07 Å². The van der Waals surface area contributed by atoms with Gasteiger partial charge in [0.15, 0.2) is 0 Å². The lowest BCUT2D eigenvalue weighted by atomic mass is 10.2. The van der Waals surface area contributed by atoms with Gasteiger partial charge in [-0.2, -0.15) is 0 Å². The summed E-state index contributed by atoms with van der Waals surface area (Å²) in [7, 11) is 1.66. The van der Waals surface area contributed by atoms with Crippen molar-refractivity contribution < 1.29 is 9.13 Å². The molecule has 0 saturated carbocycles. The maximum absolute atomic E-state index is 13.9. The van der Waals surface area contributed by atoms with E-state index in [2.05, 4.69) is 4.98 Å². The fourth-order valence-electron chi connectivity index (χ4n) is 1.73. The highest BCUT2D eigenvalue weighted by atomic mass is 32.2. The molecule has 5 heteroatoms. The molecular formula is C13H15FN2OS. The van der Waals surface area contributed by atoms with Crippen LogP contribution in [0.5, 0.6) is 0 Å². The zero-order valence-corrected chi connectivity index (χ0v) is 11.0. The third kappa shape index (κ3) is 2.73. The average Bonchev–Trinajstić information content (AvgIpc) is 2.38. The number of nitrogen functional groups attached to an aromatic ring is 1. The highest BCUT2D eigenvalue weighted by Crippen LogP contribution is 2.32. The Morgan fingerprint density at radius 3 is 3.11 bits per heavy atom. The Bertz CT molecular complexity index is 548. The summed E-state index contributed by atoms with van der Waals surface area (Å²) in [5.74, 6) is 0.487. The van der Waals surface area contributed by atoms with Crippen LogP contribution in [-0.2, 0) is 4.74 Å². The van der Waals surface area contributed by atoms with E-state index in [9.17, 15) is 4.39 Å². The van der Waals surface area contributed by atoms with Crippen LogP contribution in [0.15, 0.2) is 29.3 Å². The molecule has 0 aliphatic heterocycles. The Kier molecular flexibility index (Phi) is 4.38. The van der Waals surface area contributed by atoms with Crippen LogP contribution in [0, 0.1) is 5.82 Å². The molecule has 2 N–H and O–H groups in total. The van der Waals surface area contributed by atoms with Gasteiger partial charge in [0, 0.05) is 36.7 Å². The van der Waals surface area contributed by atoms with Crippen molar-refractivity contribution in [3.63, 3.8) is 0 Å². The van der Waals surface area contributed by atoms with Crippen molar-refractivity contribution in [2.45, 2.75) is 11.3 Å². The van der Waals surface area contributed by atoms with Crippen molar-refractivity contribution >= 4 is 28.4 Å². The molecule has 2 aromatic rings. The predicted molar refractivity (Wildman–Crippen MR) is 73.3 cm³/mol. The number of fused-ring (bicyclic) bond motifs is 1. The monoisotopic (exact) mass is 266 g/mol. The van der Waals surface area contributed by atoms with E-state index in [1.54, 1.807) is 19.4 Å². The van der Waals surface area contributed by atoms with Gasteiger partial charge in [0.1, 0.15) is 5.82 Å². The number of nitrogens with two attached hydrogens (primary N) is 1. The number of pyridine rings is 1. The molecule has 96 valence electrons. The molecule has 1 aromatic heterocycles. The van der Waals surface area contributed by atoms with Crippen molar-refractivity contribution in [2.24, 2.45) is 0 Å². The molecule has 2 rings (SSSR count). The fraction of sp³-hybridized carbons (Fsp3) is 0.308. The Balaban J connectivity index is 2.31. The molecule has 0 spiro atoms. The summed E-state index contributed by atoms with van der Waals surface area (Å²) in [6.07, 6.45) is 2.53. The number of anilines is 1. The maximum atomic E-state index is 13.9. The predicted octanol–water partition coefficient (Wildman–Crippen LogP) is 3.08. The molecule has 0 aliphatic rings. The molecule has 3 nitrogen and oxygen atoms in total. The van der Waals surface area contributed by atoms with Crippen molar-refractivity contribution in [1.29, 1.82) is 0 Å². The van der Waals surface area contributed by atoms with Crippen molar-refractivity contribution in [3.05, 3.63) is 30.2 Å². The SMILES string of the molecule is COCCCSc1c(F)cc(N)c2cccnc12. The first-order valence-corrected chi connectivity index (χ1v) is 6.67. The van der Waals surface area contributed by atoms with Crippen LogP contribution in [0.1, 0.15) is 6.42 Å². The molecular weight excluding hydrogens is 251 g/mol. The van der Waals surface area contributed by atoms with E-state index in [4.69, 9.17) is 10.5 Å². The smallest absolute Gasteiger partial charge is 0.141 e. The zero-order valence-electron chi connectivity index (χ0n) is 10.1. The van der Waals surface area contributed by atoms with Crippen LogP contribution in [0.2, 0.25) is 0 Å². The lowest BCUT2D eigenvalue weighted by molar-refractivity contribution is 0.200. The molecule has 1 heterocycles. The second-order valence-electron chi connectivity index (χ2n) is 3.87. The average molecular weight is 266 g/mol. The molecule has 1 aromatic carbocycles. The number of hydrogen-bond acceptors (Lipinski definition) is 4. The lowest BCUT2D eigenvalue weighted by Crippen LogP contribution is -1.96. The molecule has 0 fully saturated rings. The minimum absolute atomic E-state index is 0.305. The number of benzene rings is 1. The van der Waals surface area contributed by atoms with E-state index >= 15 is 0 Å². The second-order valence-corrected chi connectivity index (χ2v) is 4.98. The Morgan fingerprint density at radius 2 is 2.33 bits per heavy atom. The topological polar surface area (TPSA) is 48.1 Å². The van der Waals surface area contributed by atoms with Gasteiger partial charge < -0.3 is 10.5 Å². The number of rotatable bonds is 5. The molecule has 18 heavy (non-hydrogen) atoms. The van der Waals surface area contributed by atoms with E-state index in [1.165, 1.54) is 17.8 Å². The number of hydrogen-bond donors (Lipinski definition) is 1. The van der Waals surface area contributed by atoms with Gasteiger partial charge in [0.2, 0.25) is 0 Å². The first kappa shape index (κ1) is 13.1. The summed E-state index contributed by atoms with van der Waals surface area (Å²) in [4.78, 5) is 4.80. The highest BCUT2D eigenvalue weighted by Gasteiger charge is 2.11. The number of nitrogens with zero attached hydrogens (tertiary/aromatic N) is 1. The first-order chi connectivity index (χ1) is 8.74.